The monoisotopic (exact) mass is 492 g/mol. The number of pyridine rings is 2. The fraction of sp³-hybridized carbons (Fsp3) is 0.222. The minimum atomic E-state index is -0.129. The quantitative estimate of drug-likeness (QED) is 0.406. The summed E-state index contributed by atoms with van der Waals surface area (Å²) in [5.74, 6) is 0.603. The van der Waals surface area contributed by atoms with Crippen LogP contribution in [0, 0.1) is 0 Å². The Bertz CT molecular complexity index is 1500. The predicted molar refractivity (Wildman–Crippen MR) is 137 cm³/mol. The standard InChI is InChI=1S/C27H24N8O2/c36-26-2-1-11-35(26)21-5-3-17(4-6-21)19-12-20(16-28-15-19)22-7-9-29-24-14-18(13-23(22)24)27(37)30-10-8-25-31-33-34-32-25/h3-7,9,12-13,15-16H,1-2,8,10-11,14H2,(H,30,37)(H,31,32,33,34). The summed E-state index contributed by atoms with van der Waals surface area (Å²) in [5.41, 5.74) is 7.32. The van der Waals surface area contributed by atoms with Crippen LogP contribution in [0.4, 0.5) is 5.69 Å². The Kier molecular flexibility index (Phi) is 5.97. The first-order valence-electron chi connectivity index (χ1n) is 12.2. The number of rotatable bonds is 7. The van der Waals surface area contributed by atoms with Gasteiger partial charge in [0.2, 0.25) is 11.8 Å². The second kappa shape index (κ2) is 9.73. The highest BCUT2D eigenvalue weighted by Gasteiger charge is 2.23. The smallest absolute Gasteiger partial charge is 0.247 e. The maximum Gasteiger partial charge on any atom is 0.247 e. The van der Waals surface area contributed by atoms with Gasteiger partial charge in [-0.2, -0.15) is 5.21 Å². The van der Waals surface area contributed by atoms with E-state index >= 15 is 0 Å². The second-order valence-electron chi connectivity index (χ2n) is 9.06. The Morgan fingerprint density at radius 3 is 2.73 bits per heavy atom. The molecule has 0 radical (unpaired) electrons. The van der Waals surface area contributed by atoms with Crippen molar-refractivity contribution < 1.29 is 9.59 Å². The summed E-state index contributed by atoms with van der Waals surface area (Å²) < 4.78 is 0. The Labute approximate surface area is 212 Å². The lowest BCUT2D eigenvalue weighted by Crippen LogP contribution is -2.27. The Morgan fingerprint density at radius 2 is 1.95 bits per heavy atom. The summed E-state index contributed by atoms with van der Waals surface area (Å²) in [7, 11) is 0. The van der Waals surface area contributed by atoms with Crippen molar-refractivity contribution in [3.63, 3.8) is 0 Å². The maximum absolute atomic E-state index is 12.8. The van der Waals surface area contributed by atoms with Crippen LogP contribution in [0.2, 0.25) is 0 Å². The minimum absolute atomic E-state index is 0.129. The summed E-state index contributed by atoms with van der Waals surface area (Å²) in [6, 6.07) is 12.1. The molecular weight excluding hydrogens is 468 g/mol. The van der Waals surface area contributed by atoms with Gasteiger partial charge in [0.1, 0.15) is 0 Å². The van der Waals surface area contributed by atoms with E-state index in [1.807, 2.05) is 53.7 Å². The lowest BCUT2D eigenvalue weighted by molar-refractivity contribution is -0.118. The van der Waals surface area contributed by atoms with Crippen molar-refractivity contribution in [3.05, 3.63) is 77.6 Å². The zero-order chi connectivity index (χ0) is 25.2. The molecule has 1 aromatic carbocycles. The number of benzene rings is 1. The fourth-order valence-corrected chi connectivity index (χ4v) is 4.81. The number of fused-ring (bicyclic) bond motifs is 1. The number of aromatic nitrogens is 6. The molecule has 0 bridgehead atoms. The molecule has 10 nitrogen and oxygen atoms in total. The maximum atomic E-state index is 12.8. The Morgan fingerprint density at radius 1 is 1.08 bits per heavy atom. The summed E-state index contributed by atoms with van der Waals surface area (Å²) in [5, 5.41) is 16.6. The highest BCUT2D eigenvalue weighted by Crippen LogP contribution is 2.34. The van der Waals surface area contributed by atoms with Crippen LogP contribution in [0.15, 0.2) is 60.6 Å². The molecule has 37 heavy (non-hydrogen) atoms. The molecule has 0 spiro atoms. The van der Waals surface area contributed by atoms with Crippen LogP contribution >= 0.6 is 0 Å². The normalized spacial score (nSPS) is 14.5. The van der Waals surface area contributed by atoms with Crippen molar-refractivity contribution in [2.24, 2.45) is 0 Å². The molecule has 4 aromatic rings. The average molecular weight is 493 g/mol. The van der Waals surface area contributed by atoms with Crippen LogP contribution < -0.4 is 10.2 Å². The van der Waals surface area contributed by atoms with Gasteiger partial charge < -0.3 is 10.2 Å². The third-order valence-corrected chi connectivity index (χ3v) is 6.70. The molecule has 6 rings (SSSR count). The molecule has 1 aliphatic heterocycles. The lowest BCUT2D eigenvalue weighted by atomic mass is 9.98. The molecule has 0 saturated carbocycles. The number of H-pyrrole nitrogens is 1. The molecule has 10 heteroatoms. The summed E-state index contributed by atoms with van der Waals surface area (Å²) >= 11 is 0. The molecule has 0 atom stereocenters. The van der Waals surface area contributed by atoms with Gasteiger partial charge in [-0.15, -0.1) is 10.2 Å². The Hall–Kier alpha value is -4.73. The SMILES string of the molecule is O=C(NCCc1nn[nH]n1)C1=Cc2c(-c3cncc(-c4ccc(N5CCCC5=O)cc4)c3)ccnc2C1. The van der Waals surface area contributed by atoms with E-state index < -0.39 is 0 Å². The first kappa shape index (κ1) is 22.7. The minimum Gasteiger partial charge on any atom is -0.352 e. The summed E-state index contributed by atoms with van der Waals surface area (Å²) in [6.45, 7) is 1.19. The van der Waals surface area contributed by atoms with E-state index in [0.717, 1.165) is 52.2 Å². The number of nitrogens with one attached hydrogen (secondary N) is 2. The van der Waals surface area contributed by atoms with Gasteiger partial charge in [-0.1, -0.05) is 17.3 Å². The van der Waals surface area contributed by atoms with Crippen molar-refractivity contribution in [2.45, 2.75) is 25.7 Å². The van der Waals surface area contributed by atoms with Crippen molar-refractivity contribution in [1.82, 2.24) is 35.9 Å². The van der Waals surface area contributed by atoms with Crippen LogP contribution in [0.5, 0.6) is 0 Å². The average Bonchev–Trinajstić information content (AvgIpc) is 3.70. The van der Waals surface area contributed by atoms with Gasteiger partial charge in [0.15, 0.2) is 5.82 Å². The first-order chi connectivity index (χ1) is 18.2. The molecule has 184 valence electrons. The molecule has 0 unspecified atom stereocenters. The number of amides is 2. The van der Waals surface area contributed by atoms with Crippen LogP contribution in [0.1, 0.15) is 29.9 Å². The predicted octanol–water partition coefficient (Wildman–Crippen LogP) is 2.75. The highest BCUT2D eigenvalue weighted by molar-refractivity contribution is 6.01. The van der Waals surface area contributed by atoms with Gasteiger partial charge in [0.05, 0.1) is 5.69 Å². The number of carbonyl (C=O) groups is 2. The van der Waals surface area contributed by atoms with Crippen molar-refractivity contribution >= 4 is 23.6 Å². The molecule has 1 aliphatic carbocycles. The molecule has 2 aliphatic rings. The van der Waals surface area contributed by atoms with E-state index in [0.29, 0.717) is 37.2 Å². The van der Waals surface area contributed by atoms with Gasteiger partial charge in [-0.3, -0.25) is 19.6 Å². The van der Waals surface area contributed by atoms with Crippen molar-refractivity contribution in [2.75, 3.05) is 18.0 Å². The van der Waals surface area contributed by atoms with Crippen LogP contribution in [-0.4, -0.2) is 55.5 Å². The van der Waals surface area contributed by atoms with E-state index in [-0.39, 0.29) is 11.8 Å². The zero-order valence-electron chi connectivity index (χ0n) is 20.0. The zero-order valence-corrected chi connectivity index (χ0v) is 20.0. The largest absolute Gasteiger partial charge is 0.352 e. The lowest BCUT2D eigenvalue weighted by Gasteiger charge is -2.16. The van der Waals surface area contributed by atoms with Gasteiger partial charge in [0, 0.05) is 78.9 Å². The molecule has 3 aromatic heterocycles. The topological polar surface area (TPSA) is 130 Å². The molecule has 2 N–H and O–H groups in total. The molecular formula is C27H24N8O2. The first-order valence-corrected chi connectivity index (χ1v) is 12.2. The molecule has 1 saturated heterocycles. The molecule has 2 amide bonds. The van der Waals surface area contributed by atoms with Crippen LogP contribution in [0.25, 0.3) is 28.3 Å². The van der Waals surface area contributed by atoms with E-state index in [1.54, 1.807) is 6.20 Å². The van der Waals surface area contributed by atoms with Crippen LogP contribution in [-0.2, 0) is 22.4 Å². The number of nitrogens with zero attached hydrogens (tertiary/aromatic N) is 6. The third kappa shape index (κ3) is 4.61. The fourth-order valence-electron chi connectivity index (χ4n) is 4.81. The number of hydrogen-bond donors (Lipinski definition) is 2. The third-order valence-electron chi connectivity index (χ3n) is 6.70. The van der Waals surface area contributed by atoms with E-state index in [4.69, 9.17) is 0 Å². The van der Waals surface area contributed by atoms with Crippen molar-refractivity contribution in [1.29, 1.82) is 0 Å². The highest BCUT2D eigenvalue weighted by atomic mass is 16.2. The number of carbonyl (C=O) groups excluding carboxylic acids is 2. The van der Waals surface area contributed by atoms with Gasteiger partial charge in [-0.05, 0) is 47.9 Å². The second-order valence-corrected chi connectivity index (χ2v) is 9.06. The van der Waals surface area contributed by atoms with E-state index in [1.165, 1.54) is 0 Å². The summed E-state index contributed by atoms with van der Waals surface area (Å²) in [4.78, 5) is 35.7. The van der Waals surface area contributed by atoms with E-state index in [2.05, 4.69) is 42.0 Å². The molecule has 1 fully saturated rings. The number of hydrogen-bond acceptors (Lipinski definition) is 7. The summed E-state index contributed by atoms with van der Waals surface area (Å²) in [6.07, 6.45) is 9.83. The van der Waals surface area contributed by atoms with Gasteiger partial charge in [0.25, 0.3) is 0 Å². The number of tetrazole rings is 1. The van der Waals surface area contributed by atoms with Crippen LogP contribution in [0.3, 0.4) is 0 Å². The van der Waals surface area contributed by atoms with Crippen molar-refractivity contribution in [3.8, 4) is 22.3 Å². The van der Waals surface area contributed by atoms with Gasteiger partial charge >= 0.3 is 0 Å². The molecule has 4 heterocycles. The van der Waals surface area contributed by atoms with Gasteiger partial charge in [-0.25, -0.2) is 0 Å². The number of anilines is 1. The Balaban J connectivity index is 1.21. The number of aromatic amines is 1. The van der Waals surface area contributed by atoms with E-state index in [9.17, 15) is 9.59 Å².